The van der Waals surface area contributed by atoms with Gasteiger partial charge in [-0.15, -0.1) is 0 Å². The lowest BCUT2D eigenvalue weighted by Gasteiger charge is -1.97. The van der Waals surface area contributed by atoms with Gasteiger partial charge in [0, 0.05) is 0 Å². The van der Waals surface area contributed by atoms with Crippen molar-refractivity contribution in [3.63, 3.8) is 0 Å². The molecule has 0 radical (unpaired) electrons. The number of hydrogen-bond donors (Lipinski definition) is 1. The molecular weight excluding hydrogens is 194 g/mol. The molecular formula is C10H13N3O2. The molecule has 5 heteroatoms. The molecule has 0 atom stereocenters. The number of aryl methyl sites for hydroxylation is 2. The Morgan fingerprint density at radius 3 is 2.73 bits per heavy atom. The Bertz CT molecular complexity index is 393. The summed E-state index contributed by atoms with van der Waals surface area (Å²) in [7, 11) is 0. The van der Waals surface area contributed by atoms with Crippen molar-refractivity contribution in [3.8, 4) is 0 Å². The Morgan fingerprint density at radius 2 is 2.13 bits per heavy atom. The standard InChI is InChI=1S/C10H13N3O2/c1-7-3-4-9(14-7)5-11-6-10-12-8(2)13-15-10/h3-4,11H,5-6H2,1-2H3. The highest BCUT2D eigenvalue weighted by molar-refractivity contribution is 5.05. The minimum absolute atomic E-state index is 0.556. The van der Waals surface area contributed by atoms with Gasteiger partial charge < -0.3 is 14.3 Å². The van der Waals surface area contributed by atoms with Crippen molar-refractivity contribution < 1.29 is 8.94 Å². The van der Waals surface area contributed by atoms with Gasteiger partial charge in [-0.05, 0) is 26.0 Å². The highest BCUT2D eigenvalue weighted by atomic mass is 16.5. The van der Waals surface area contributed by atoms with Crippen LogP contribution in [0.1, 0.15) is 23.2 Å². The van der Waals surface area contributed by atoms with Crippen molar-refractivity contribution >= 4 is 0 Å². The molecule has 2 heterocycles. The third kappa shape index (κ3) is 2.66. The first-order valence-corrected chi connectivity index (χ1v) is 4.79. The molecule has 15 heavy (non-hydrogen) atoms. The van der Waals surface area contributed by atoms with Gasteiger partial charge in [0.1, 0.15) is 11.5 Å². The molecule has 2 aromatic rings. The summed E-state index contributed by atoms with van der Waals surface area (Å²) in [6.07, 6.45) is 0. The average molecular weight is 207 g/mol. The van der Waals surface area contributed by atoms with Gasteiger partial charge in [-0.2, -0.15) is 4.98 Å². The van der Waals surface area contributed by atoms with E-state index >= 15 is 0 Å². The van der Waals surface area contributed by atoms with Gasteiger partial charge >= 0.3 is 0 Å². The summed E-state index contributed by atoms with van der Waals surface area (Å²) in [5.41, 5.74) is 0. The van der Waals surface area contributed by atoms with Crippen LogP contribution in [0.5, 0.6) is 0 Å². The largest absolute Gasteiger partial charge is 0.465 e. The number of nitrogens with one attached hydrogen (secondary N) is 1. The smallest absolute Gasteiger partial charge is 0.240 e. The third-order valence-corrected chi connectivity index (χ3v) is 1.94. The van der Waals surface area contributed by atoms with E-state index in [4.69, 9.17) is 8.94 Å². The molecule has 5 nitrogen and oxygen atoms in total. The van der Waals surface area contributed by atoms with Gasteiger partial charge in [0.15, 0.2) is 5.82 Å². The van der Waals surface area contributed by atoms with Crippen LogP contribution in [0.15, 0.2) is 21.1 Å². The lowest BCUT2D eigenvalue weighted by Crippen LogP contribution is -2.12. The van der Waals surface area contributed by atoms with Gasteiger partial charge in [-0.25, -0.2) is 0 Å². The number of nitrogens with zero attached hydrogens (tertiary/aromatic N) is 2. The summed E-state index contributed by atoms with van der Waals surface area (Å²) in [5.74, 6) is 3.07. The molecule has 80 valence electrons. The number of furan rings is 1. The van der Waals surface area contributed by atoms with Crippen molar-refractivity contribution in [2.45, 2.75) is 26.9 Å². The van der Waals surface area contributed by atoms with E-state index in [9.17, 15) is 0 Å². The van der Waals surface area contributed by atoms with Gasteiger partial charge in [-0.3, -0.25) is 0 Å². The van der Waals surface area contributed by atoms with Crippen molar-refractivity contribution in [2.24, 2.45) is 0 Å². The second-order valence-corrected chi connectivity index (χ2v) is 3.35. The highest BCUT2D eigenvalue weighted by Gasteiger charge is 2.02. The average Bonchev–Trinajstić information content (AvgIpc) is 2.76. The zero-order valence-electron chi connectivity index (χ0n) is 8.78. The molecule has 2 aromatic heterocycles. The monoisotopic (exact) mass is 207 g/mol. The maximum absolute atomic E-state index is 5.40. The summed E-state index contributed by atoms with van der Waals surface area (Å²) < 4.78 is 10.4. The maximum Gasteiger partial charge on any atom is 0.240 e. The van der Waals surface area contributed by atoms with E-state index in [0.717, 1.165) is 11.5 Å². The molecule has 1 N–H and O–H groups in total. The van der Waals surface area contributed by atoms with E-state index in [0.29, 0.717) is 24.8 Å². The fraction of sp³-hybridized carbons (Fsp3) is 0.400. The Balaban J connectivity index is 1.80. The predicted octanol–water partition coefficient (Wildman–Crippen LogP) is 1.57. The van der Waals surface area contributed by atoms with Crippen molar-refractivity contribution in [2.75, 3.05) is 0 Å². The maximum atomic E-state index is 5.40. The molecule has 0 saturated heterocycles. The first kappa shape index (κ1) is 9.92. The molecule has 0 amide bonds. The molecule has 0 saturated carbocycles. The van der Waals surface area contributed by atoms with Crippen molar-refractivity contribution in [3.05, 3.63) is 35.4 Å². The molecule has 0 fully saturated rings. The number of rotatable bonds is 4. The summed E-state index contributed by atoms with van der Waals surface area (Å²) >= 11 is 0. The lowest BCUT2D eigenvalue weighted by molar-refractivity contribution is 0.359. The molecule has 2 rings (SSSR count). The van der Waals surface area contributed by atoms with Crippen LogP contribution >= 0.6 is 0 Å². The van der Waals surface area contributed by atoms with Crippen LogP contribution < -0.4 is 5.32 Å². The summed E-state index contributed by atoms with van der Waals surface area (Å²) in [6.45, 7) is 4.93. The molecule has 0 unspecified atom stereocenters. The SMILES string of the molecule is Cc1noc(CNCc2ccc(C)o2)n1. The summed E-state index contributed by atoms with van der Waals surface area (Å²) in [4.78, 5) is 4.08. The van der Waals surface area contributed by atoms with E-state index in [1.807, 2.05) is 19.1 Å². The van der Waals surface area contributed by atoms with Crippen LogP contribution in [0.2, 0.25) is 0 Å². The fourth-order valence-corrected chi connectivity index (χ4v) is 1.28. The van der Waals surface area contributed by atoms with Gasteiger partial charge in [0.25, 0.3) is 0 Å². The van der Waals surface area contributed by atoms with Crippen LogP contribution in [0.25, 0.3) is 0 Å². The molecule has 0 bridgehead atoms. The lowest BCUT2D eigenvalue weighted by atomic mass is 10.4. The van der Waals surface area contributed by atoms with E-state index < -0.39 is 0 Å². The Morgan fingerprint density at radius 1 is 1.27 bits per heavy atom. The first-order chi connectivity index (χ1) is 7.24. The number of hydrogen-bond acceptors (Lipinski definition) is 5. The highest BCUT2D eigenvalue weighted by Crippen LogP contribution is 2.05. The normalized spacial score (nSPS) is 10.8. The summed E-state index contributed by atoms with van der Waals surface area (Å²) in [6, 6.07) is 3.88. The molecule has 0 aliphatic rings. The zero-order chi connectivity index (χ0) is 10.7. The van der Waals surface area contributed by atoms with E-state index in [-0.39, 0.29) is 0 Å². The third-order valence-electron chi connectivity index (χ3n) is 1.94. The van der Waals surface area contributed by atoms with Crippen LogP contribution in [0.4, 0.5) is 0 Å². The topological polar surface area (TPSA) is 64.1 Å². The van der Waals surface area contributed by atoms with E-state index in [2.05, 4.69) is 15.5 Å². The van der Waals surface area contributed by atoms with Crippen LogP contribution in [0.3, 0.4) is 0 Å². The predicted molar refractivity (Wildman–Crippen MR) is 53.0 cm³/mol. The molecule has 0 aliphatic carbocycles. The Kier molecular flexibility index (Phi) is 2.82. The Hall–Kier alpha value is -1.62. The van der Waals surface area contributed by atoms with Crippen molar-refractivity contribution in [1.82, 2.24) is 15.5 Å². The second-order valence-electron chi connectivity index (χ2n) is 3.35. The van der Waals surface area contributed by atoms with Crippen molar-refractivity contribution in [1.29, 1.82) is 0 Å². The minimum Gasteiger partial charge on any atom is -0.465 e. The van der Waals surface area contributed by atoms with Gasteiger partial charge in [-0.1, -0.05) is 5.16 Å². The van der Waals surface area contributed by atoms with Crippen LogP contribution in [-0.2, 0) is 13.1 Å². The molecule has 0 aliphatic heterocycles. The summed E-state index contributed by atoms with van der Waals surface area (Å²) in [5, 5.41) is 6.85. The molecule has 0 spiro atoms. The minimum atomic E-state index is 0.556. The van der Waals surface area contributed by atoms with E-state index in [1.54, 1.807) is 6.92 Å². The van der Waals surface area contributed by atoms with Crippen LogP contribution in [-0.4, -0.2) is 10.1 Å². The van der Waals surface area contributed by atoms with E-state index in [1.165, 1.54) is 0 Å². The second kappa shape index (κ2) is 4.27. The molecule has 0 aromatic carbocycles. The first-order valence-electron chi connectivity index (χ1n) is 4.79. The van der Waals surface area contributed by atoms with Gasteiger partial charge in [0.2, 0.25) is 5.89 Å². The Labute approximate surface area is 87.5 Å². The zero-order valence-corrected chi connectivity index (χ0v) is 8.78. The fourth-order valence-electron chi connectivity index (χ4n) is 1.28. The van der Waals surface area contributed by atoms with Gasteiger partial charge in [0.05, 0.1) is 13.1 Å². The van der Waals surface area contributed by atoms with Crippen LogP contribution in [0, 0.1) is 13.8 Å². The quantitative estimate of drug-likeness (QED) is 0.824. The number of aromatic nitrogens is 2.